The third kappa shape index (κ3) is 2.32. The first kappa shape index (κ1) is 10.7. The van der Waals surface area contributed by atoms with E-state index in [0.717, 1.165) is 0 Å². The molecule has 1 nitrogen and oxygen atoms in total. The van der Waals surface area contributed by atoms with Gasteiger partial charge in [0, 0.05) is 11.6 Å². The minimum Gasteiger partial charge on any atom is -0.235 e. The van der Waals surface area contributed by atoms with E-state index in [1.54, 1.807) is 0 Å². The summed E-state index contributed by atoms with van der Waals surface area (Å²) < 4.78 is 2.14. The van der Waals surface area contributed by atoms with Crippen molar-refractivity contribution in [1.82, 2.24) is 0 Å². The molecule has 0 saturated heterocycles. The summed E-state index contributed by atoms with van der Waals surface area (Å²) in [6.07, 6.45) is 4.21. The molecule has 1 heteroatoms. The number of benzene rings is 1. The molecular formula is C13H18N+. The predicted molar refractivity (Wildman–Crippen MR) is 62.2 cm³/mol. The molecule has 1 aromatic carbocycles. The first-order valence-corrected chi connectivity index (χ1v) is 4.89. The van der Waals surface area contributed by atoms with Gasteiger partial charge in [-0.25, -0.2) is 4.58 Å². The van der Waals surface area contributed by atoms with Crippen LogP contribution in [0.15, 0.2) is 36.4 Å². The maximum Gasteiger partial charge on any atom is 0.206 e. The normalized spacial score (nSPS) is 10.6. The van der Waals surface area contributed by atoms with Gasteiger partial charge in [0.15, 0.2) is 0 Å². The zero-order valence-corrected chi connectivity index (χ0v) is 9.41. The lowest BCUT2D eigenvalue weighted by Crippen LogP contribution is -2.13. The summed E-state index contributed by atoms with van der Waals surface area (Å²) in [7, 11) is 4.14. The third-order valence-corrected chi connectivity index (χ3v) is 2.23. The van der Waals surface area contributed by atoms with Crippen LogP contribution in [0, 0.1) is 6.92 Å². The first-order chi connectivity index (χ1) is 6.66. The van der Waals surface area contributed by atoms with Gasteiger partial charge in [0.1, 0.15) is 14.1 Å². The zero-order chi connectivity index (χ0) is 10.6. The van der Waals surface area contributed by atoms with Gasteiger partial charge in [0.05, 0.1) is 0 Å². The molecule has 74 valence electrons. The number of hydrogen-bond acceptors (Lipinski definition) is 0. The fraction of sp³-hybridized carbons (Fsp3) is 0.308. The highest BCUT2D eigenvalue weighted by Gasteiger charge is 2.09. The molecule has 0 bridgehead atoms. The molecule has 0 aliphatic carbocycles. The lowest BCUT2D eigenvalue weighted by Gasteiger charge is -2.03. The highest BCUT2D eigenvalue weighted by Crippen LogP contribution is 2.08. The summed E-state index contributed by atoms with van der Waals surface area (Å²) in [5.41, 5.74) is 3.87. The summed E-state index contributed by atoms with van der Waals surface area (Å²) in [4.78, 5) is 0. The van der Waals surface area contributed by atoms with Gasteiger partial charge in [0.2, 0.25) is 5.71 Å². The van der Waals surface area contributed by atoms with Crippen molar-refractivity contribution in [3.8, 4) is 0 Å². The van der Waals surface area contributed by atoms with Crippen molar-refractivity contribution >= 4 is 5.71 Å². The fourth-order valence-corrected chi connectivity index (χ4v) is 1.50. The van der Waals surface area contributed by atoms with E-state index >= 15 is 0 Å². The van der Waals surface area contributed by atoms with Crippen LogP contribution in [0.4, 0.5) is 0 Å². The van der Waals surface area contributed by atoms with Crippen LogP contribution in [0.3, 0.4) is 0 Å². The Morgan fingerprint density at radius 2 is 1.86 bits per heavy atom. The van der Waals surface area contributed by atoms with Crippen molar-refractivity contribution in [2.75, 3.05) is 14.1 Å². The van der Waals surface area contributed by atoms with Crippen molar-refractivity contribution in [1.29, 1.82) is 0 Å². The SMILES string of the molecule is C/C=C\C(c1ccccc1C)=[N+](C)C. The standard InChI is InChI=1S/C13H18N/c1-5-8-13(14(3)4)12-10-7-6-9-11(12)2/h5-10H,1-4H3/q+1/b8-5-. The van der Waals surface area contributed by atoms with Crippen LogP contribution in [-0.4, -0.2) is 24.4 Å². The molecule has 0 aliphatic rings. The minimum absolute atomic E-state index is 1.26. The molecule has 0 radical (unpaired) electrons. The highest BCUT2D eigenvalue weighted by atomic mass is 14.9. The molecule has 0 spiro atoms. The largest absolute Gasteiger partial charge is 0.235 e. The second-order valence-electron chi connectivity index (χ2n) is 3.59. The number of allylic oxidation sites excluding steroid dienone is 2. The molecule has 0 amide bonds. The van der Waals surface area contributed by atoms with Gasteiger partial charge in [-0.3, -0.25) is 0 Å². The molecular weight excluding hydrogens is 170 g/mol. The maximum atomic E-state index is 2.16. The Bertz CT molecular complexity index is 369. The van der Waals surface area contributed by atoms with Crippen LogP contribution in [0.2, 0.25) is 0 Å². The summed E-state index contributed by atoms with van der Waals surface area (Å²) >= 11 is 0. The molecule has 0 saturated carbocycles. The average Bonchev–Trinajstić information content (AvgIpc) is 2.15. The van der Waals surface area contributed by atoms with Gasteiger partial charge in [-0.15, -0.1) is 0 Å². The Labute approximate surface area is 86.4 Å². The van der Waals surface area contributed by atoms with Gasteiger partial charge < -0.3 is 0 Å². The Balaban J connectivity index is 3.27. The summed E-state index contributed by atoms with van der Waals surface area (Å²) in [6.45, 7) is 4.18. The minimum atomic E-state index is 1.26. The number of aryl methyl sites for hydroxylation is 1. The van der Waals surface area contributed by atoms with Crippen LogP contribution < -0.4 is 0 Å². The van der Waals surface area contributed by atoms with Crippen molar-refractivity contribution in [3.05, 3.63) is 47.5 Å². The van der Waals surface area contributed by atoms with Crippen LogP contribution >= 0.6 is 0 Å². The predicted octanol–water partition coefficient (Wildman–Crippen LogP) is 2.63. The van der Waals surface area contributed by atoms with E-state index in [-0.39, 0.29) is 0 Å². The average molecular weight is 188 g/mol. The van der Waals surface area contributed by atoms with Crippen LogP contribution in [-0.2, 0) is 0 Å². The number of hydrogen-bond donors (Lipinski definition) is 0. The quantitative estimate of drug-likeness (QED) is 0.496. The highest BCUT2D eigenvalue weighted by molar-refractivity contribution is 6.06. The maximum absolute atomic E-state index is 2.16. The molecule has 0 unspecified atom stereocenters. The Morgan fingerprint density at radius 3 is 2.36 bits per heavy atom. The van der Waals surface area contributed by atoms with Crippen molar-refractivity contribution in [2.45, 2.75) is 13.8 Å². The van der Waals surface area contributed by atoms with Gasteiger partial charge in [-0.2, -0.15) is 0 Å². The van der Waals surface area contributed by atoms with E-state index in [1.165, 1.54) is 16.8 Å². The molecule has 14 heavy (non-hydrogen) atoms. The topological polar surface area (TPSA) is 3.01 Å². The monoisotopic (exact) mass is 188 g/mol. The Hall–Kier alpha value is -1.37. The lowest BCUT2D eigenvalue weighted by atomic mass is 10.0. The van der Waals surface area contributed by atoms with Crippen molar-refractivity contribution in [2.24, 2.45) is 0 Å². The smallest absolute Gasteiger partial charge is 0.206 e. The molecule has 0 aliphatic heterocycles. The summed E-state index contributed by atoms with van der Waals surface area (Å²) in [6, 6.07) is 8.45. The van der Waals surface area contributed by atoms with E-state index in [9.17, 15) is 0 Å². The van der Waals surface area contributed by atoms with Crippen molar-refractivity contribution in [3.63, 3.8) is 0 Å². The molecule has 1 rings (SSSR count). The number of rotatable bonds is 2. The molecule has 0 heterocycles. The van der Waals surface area contributed by atoms with Gasteiger partial charge in [0.25, 0.3) is 0 Å². The summed E-state index contributed by atoms with van der Waals surface area (Å²) in [5, 5.41) is 0. The van der Waals surface area contributed by atoms with E-state index < -0.39 is 0 Å². The van der Waals surface area contributed by atoms with Crippen LogP contribution in [0.5, 0.6) is 0 Å². The Kier molecular flexibility index (Phi) is 3.63. The van der Waals surface area contributed by atoms with Gasteiger partial charge in [-0.1, -0.05) is 24.3 Å². The third-order valence-electron chi connectivity index (χ3n) is 2.23. The van der Waals surface area contributed by atoms with Gasteiger partial charge >= 0.3 is 0 Å². The fourth-order valence-electron chi connectivity index (χ4n) is 1.50. The molecule has 0 fully saturated rings. The molecule has 0 atom stereocenters. The van der Waals surface area contributed by atoms with E-state index in [4.69, 9.17) is 0 Å². The van der Waals surface area contributed by atoms with E-state index in [0.29, 0.717) is 0 Å². The van der Waals surface area contributed by atoms with Crippen LogP contribution in [0.25, 0.3) is 0 Å². The molecule has 0 aromatic heterocycles. The van der Waals surface area contributed by atoms with Crippen molar-refractivity contribution < 1.29 is 4.58 Å². The van der Waals surface area contributed by atoms with Crippen LogP contribution in [0.1, 0.15) is 18.1 Å². The first-order valence-electron chi connectivity index (χ1n) is 4.89. The van der Waals surface area contributed by atoms with E-state index in [1.807, 2.05) is 6.92 Å². The van der Waals surface area contributed by atoms with Gasteiger partial charge in [-0.05, 0) is 25.5 Å². The summed E-state index contributed by atoms with van der Waals surface area (Å²) in [5.74, 6) is 0. The molecule has 0 N–H and O–H groups in total. The Morgan fingerprint density at radius 1 is 1.21 bits per heavy atom. The van der Waals surface area contributed by atoms with E-state index in [2.05, 4.69) is 62.0 Å². The molecule has 1 aromatic rings. The zero-order valence-electron chi connectivity index (χ0n) is 9.41. The second-order valence-corrected chi connectivity index (χ2v) is 3.59. The second kappa shape index (κ2) is 4.75. The number of nitrogens with zero attached hydrogens (tertiary/aromatic N) is 1. The lowest BCUT2D eigenvalue weighted by molar-refractivity contribution is -0.463.